The molecule has 5 heteroatoms. The highest BCUT2D eigenvalue weighted by atomic mass is 32.1. The van der Waals surface area contributed by atoms with Crippen molar-refractivity contribution in [2.45, 2.75) is 19.9 Å². The molecule has 0 bridgehead atoms. The fourth-order valence-corrected chi connectivity index (χ4v) is 3.60. The molecule has 0 aliphatic rings. The SMILES string of the molecule is CCCN(CCO)Cc1cnc(-c2cccs2)s1. The van der Waals surface area contributed by atoms with E-state index in [1.54, 1.807) is 22.7 Å². The van der Waals surface area contributed by atoms with Gasteiger partial charge < -0.3 is 5.11 Å². The Hall–Kier alpha value is -0.750. The minimum Gasteiger partial charge on any atom is -0.395 e. The van der Waals surface area contributed by atoms with Crippen molar-refractivity contribution in [2.24, 2.45) is 0 Å². The first-order valence-electron chi connectivity index (χ1n) is 6.15. The molecule has 0 aromatic carbocycles. The van der Waals surface area contributed by atoms with E-state index in [-0.39, 0.29) is 6.61 Å². The zero-order chi connectivity index (χ0) is 12.8. The summed E-state index contributed by atoms with van der Waals surface area (Å²) in [7, 11) is 0. The Morgan fingerprint density at radius 3 is 2.94 bits per heavy atom. The predicted molar refractivity (Wildman–Crippen MR) is 78.1 cm³/mol. The predicted octanol–water partition coefficient (Wildman–Crippen LogP) is 3.08. The van der Waals surface area contributed by atoms with Crippen molar-refractivity contribution in [1.82, 2.24) is 9.88 Å². The summed E-state index contributed by atoms with van der Waals surface area (Å²) in [6, 6.07) is 4.15. The second-order valence-corrected chi connectivity index (χ2v) is 6.17. The maximum Gasteiger partial charge on any atom is 0.133 e. The van der Waals surface area contributed by atoms with Crippen LogP contribution in [0.2, 0.25) is 0 Å². The molecule has 0 unspecified atom stereocenters. The highest BCUT2D eigenvalue weighted by molar-refractivity contribution is 7.20. The number of aromatic nitrogens is 1. The Balaban J connectivity index is 2.01. The summed E-state index contributed by atoms with van der Waals surface area (Å²) in [5, 5.41) is 12.2. The van der Waals surface area contributed by atoms with Gasteiger partial charge >= 0.3 is 0 Å². The van der Waals surface area contributed by atoms with Crippen LogP contribution in [0.15, 0.2) is 23.7 Å². The van der Waals surface area contributed by atoms with E-state index in [4.69, 9.17) is 5.11 Å². The molecule has 0 amide bonds. The third kappa shape index (κ3) is 3.62. The Kier molecular flexibility index (Phi) is 5.31. The summed E-state index contributed by atoms with van der Waals surface area (Å²) in [5.74, 6) is 0. The number of aliphatic hydroxyl groups excluding tert-OH is 1. The quantitative estimate of drug-likeness (QED) is 0.848. The molecule has 2 heterocycles. The molecule has 3 nitrogen and oxygen atoms in total. The third-order valence-electron chi connectivity index (χ3n) is 2.62. The van der Waals surface area contributed by atoms with Gasteiger partial charge in [0.15, 0.2) is 0 Å². The van der Waals surface area contributed by atoms with Gasteiger partial charge in [-0.15, -0.1) is 22.7 Å². The summed E-state index contributed by atoms with van der Waals surface area (Å²) in [6.45, 7) is 5.02. The largest absolute Gasteiger partial charge is 0.395 e. The number of hydrogen-bond acceptors (Lipinski definition) is 5. The summed E-state index contributed by atoms with van der Waals surface area (Å²) in [4.78, 5) is 9.24. The standard InChI is InChI=1S/C13H18N2OS2/c1-2-5-15(6-7-16)10-11-9-14-13(18-11)12-4-3-8-17-12/h3-4,8-9,16H,2,5-7,10H2,1H3. The van der Waals surface area contributed by atoms with Gasteiger partial charge in [-0.1, -0.05) is 13.0 Å². The molecular formula is C13H18N2OS2. The van der Waals surface area contributed by atoms with Crippen molar-refractivity contribution in [1.29, 1.82) is 0 Å². The number of thiophene rings is 1. The molecule has 2 aromatic heterocycles. The number of hydrogen-bond donors (Lipinski definition) is 1. The monoisotopic (exact) mass is 282 g/mol. The highest BCUT2D eigenvalue weighted by Crippen LogP contribution is 2.29. The zero-order valence-corrected chi connectivity index (χ0v) is 12.1. The minimum atomic E-state index is 0.219. The van der Waals surface area contributed by atoms with Gasteiger partial charge in [0.25, 0.3) is 0 Å². The van der Waals surface area contributed by atoms with Gasteiger partial charge in [-0.3, -0.25) is 4.90 Å². The van der Waals surface area contributed by atoms with Crippen LogP contribution in [0.3, 0.4) is 0 Å². The van der Waals surface area contributed by atoms with Crippen molar-refractivity contribution in [2.75, 3.05) is 19.7 Å². The molecular weight excluding hydrogens is 264 g/mol. The summed E-state index contributed by atoms with van der Waals surface area (Å²) >= 11 is 3.47. The van der Waals surface area contributed by atoms with Crippen LogP contribution in [0.25, 0.3) is 9.88 Å². The first kappa shape index (κ1) is 13.7. The smallest absolute Gasteiger partial charge is 0.133 e. The van der Waals surface area contributed by atoms with E-state index in [1.165, 1.54) is 9.75 Å². The van der Waals surface area contributed by atoms with Gasteiger partial charge in [0, 0.05) is 24.2 Å². The van der Waals surface area contributed by atoms with Crippen molar-refractivity contribution < 1.29 is 5.11 Å². The van der Waals surface area contributed by atoms with Gasteiger partial charge in [-0.25, -0.2) is 4.98 Å². The van der Waals surface area contributed by atoms with Crippen LogP contribution in [-0.2, 0) is 6.54 Å². The topological polar surface area (TPSA) is 36.4 Å². The van der Waals surface area contributed by atoms with Crippen LogP contribution in [0.4, 0.5) is 0 Å². The Bertz CT molecular complexity index is 447. The molecule has 18 heavy (non-hydrogen) atoms. The summed E-state index contributed by atoms with van der Waals surface area (Å²) in [6.07, 6.45) is 3.07. The van der Waals surface area contributed by atoms with Gasteiger partial charge in [-0.2, -0.15) is 0 Å². The van der Waals surface area contributed by atoms with E-state index in [0.29, 0.717) is 0 Å². The maximum atomic E-state index is 9.04. The van der Waals surface area contributed by atoms with Crippen molar-refractivity contribution in [3.63, 3.8) is 0 Å². The lowest BCUT2D eigenvalue weighted by Gasteiger charge is -2.19. The molecule has 0 aliphatic heterocycles. The minimum absolute atomic E-state index is 0.219. The van der Waals surface area contributed by atoms with E-state index in [0.717, 1.165) is 31.1 Å². The molecule has 0 fully saturated rings. The maximum absolute atomic E-state index is 9.04. The van der Waals surface area contributed by atoms with Crippen LogP contribution in [-0.4, -0.2) is 34.7 Å². The van der Waals surface area contributed by atoms with Gasteiger partial charge in [0.05, 0.1) is 11.5 Å². The van der Waals surface area contributed by atoms with Crippen molar-refractivity contribution in [3.05, 3.63) is 28.6 Å². The van der Waals surface area contributed by atoms with Crippen LogP contribution in [0.1, 0.15) is 18.2 Å². The van der Waals surface area contributed by atoms with Gasteiger partial charge in [0.1, 0.15) is 5.01 Å². The molecule has 98 valence electrons. The average Bonchev–Trinajstić information content (AvgIpc) is 2.98. The fraction of sp³-hybridized carbons (Fsp3) is 0.462. The van der Waals surface area contributed by atoms with E-state index in [2.05, 4.69) is 34.3 Å². The molecule has 0 saturated heterocycles. The van der Waals surface area contributed by atoms with Crippen molar-refractivity contribution in [3.8, 4) is 9.88 Å². The number of aliphatic hydroxyl groups is 1. The molecule has 0 aliphatic carbocycles. The Morgan fingerprint density at radius 2 is 2.28 bits per heavy atom. The highest BCUT2D eigenvalue weighted by Gasteiger charge is 2.09. The molecule has 0 radical (unpaired) electrons. The van der Waals surface area contributed by atoms with Gasteiger partial charge in [-0.05, 0) is 24.4 Å². The first-order chi connectivity index (χ1) is 8.83. The average molecular weight is 282 g/mol. The lowest BCUT2D eigenvalue weighted by molar-refractivity contribution is 0.191. The molecule has 1 N–H and O–H groups in total. The summed E-state index contributed by atoms with van der Waals surface area (Å²) < 4.78 is 0. The van der Waals surface area contributed by atoms with Crippen LogP contribution >= 0.6 is 22.7 Å². The zero-order valence-electron chi connectivity index (χ0n) is 10.5. The molecule has 0 saturated carbocycles. The first-order valence-corrected chi connectivity index (χ1v) is 7.85. The van der Waals surface area contributed by atoms with Gasteiger partial charge in [0.2, 0.25) is 0 Å². The normalized spacial score (nSPS) is 11.3. The van der Waals surface area contributed by atoms with E-state index in [9.17, 15) is 0 Å². The van der Waals surface area contributed by atoms with E-state index < -0.39 is 0 Å². The lowest BCUT2D eigenvalue weighted by atomic mass is 10.4. The second kappa shape index (κ2) is 6.99. The Morgan fingerprint density at radius 1 is 1.39 bits per heavy atom. The summed E-state index contributed by atoms with van der Waals surface area (Å²) in [5.41, 5.74) is 0. The lowest BCUT2D eigenvalue weighted by Crippen LogP contribution is -2.26. The van der Waals surface area contributed by atoms with Crippen LogP contribution in [0, 0.1) is 0 Å². The van der Waals surface area contributed by atoms with E-state index >= 15 is 0 Å². The molecule has 0 atom stereocenters. The Labute approximate surface area is 116 Å². The molecule has 2 aromatic rings. The number of rotatable bonds is 7. The number of nitrogens with zero attached hydrogens (tertiary/aromatic N) is 2. The fourth-order valence-electron chi connectivity index (χ4n) is 1.84. The van der Waals surface area contributed by atoms with Crippen molar-refractivity contribution >= 4 is 22.7 Å². The molecule has 2 rings (SSSR count). The van der Waals surface area contributed by atoms with Crippen LogP contribution in [0.5, 0.6) is 0 Å². The van der Waals surface area contributed by atoms with Crippen LogP contribution < -0.4 is 0 Å². The van der Waals surface area contributed by atoms with E-state index in [1.807, 2.05) is 6.20 Å². The number of thiazole rings is 1. The second-order valence-electron chi connectivity index (χ2n) is 4.11. The third-order valence-corrected chi connectivity index (χ3v) is 4.64. The molecule has 0 spiro atoms.